The summed E-state index contributed by atoms with van der Waals surface area (Å²) < 4.78 is 0. The van der Waals surface area contributed by atoms with Crippen LogP contribution in [0.15, 0.2) is 23.7 Å². The molecule has 90 valence electrons. The minimum atomic E-state index is 0.534. The van der Waals surface area contributed by atoms with Crippen LogP contribution in [0.4, 0.5) is 0 Å². The summed E-state index contributed by atoms with van der Waals surface area (Å²) in [5, 5.41) is 3.75. The lowest BCUT2D eigenvalue weighted by Crippen LogP contribution is -2.17. The molecule has 0 aliphatic carbocycles. The maximum atomic E-state index is 5.75. The Bertz CT molecular complexity index is 481. The molecule has 17 heavy (non-hydrogen) atoms. The van der Waals surface area contributed by atoms with Gasteiger partial charge in [0.2, 0.25) is 0 Å². The van der Waals surface area contributed by atoms with Crippen LogP contribution in [0.3, 0.4) is 0 Å². The lowest BCUT2D eigenvalue weighted by Gasteiger charge is -2.14. The van der Waals surface area contributed by atoms with Crippen LogP contribution < -0.4 is 0 Å². The fourth-order valence-electron chi connectivity index (χ4n) is 1.62. The molecule has 0 radical (unpaired) electrons. The third kappa shape index (κ3) is 3.77. The summed E-state index contributed by atoms with van der Waals surface area (Å²) in [5.74, 6) is 0. The second kappa shape index (κ2) is 5.58. The molecule has 0 N–H and O–H groups in total. The van der Waals surface area contributed by atoms with Gasteiger partial charge in [0.25, 0.3) is 0 Å². The molecule has 2 rings (SSSR count). The second-order valence-corrected chi connectivity index (χ2v) is 5.47. The predicted octanol–water partition coefficient (Wildman–Crippen LogP) is 3.13. The van der Waals surface area contributed by atoms with Gasteiger partial charge in [0.15, 0.2) is 0 Å². The maximum Gasteiger partial charge on any atom is 0.129 e. The van der Waals surface area contributed by atoms with Crippen LogP contribution in [-0.2, 0) is 13.1 Å². The van der Waals surface area contributed by atoms with E-state index >= 15 is 0 Å². The molecule has 0 atom stereocenters. The van der Waals surface area contributed by atoms with Crippen LogP contribution in [0.5, 0.6) is 0 Å². The highest BCUT2D eigenvalue weighted by Crippen LogP contribution is 2.12. The molecule has 2 heterocycles. The van der Waals surface area contributed by atoms with E-state index in [-0.39, 0.29) is 0 Å². The molecule has 0 aliphatic heterocycles. The summed E-state index contributed by atoms with van der Waals surface area (Å²) in [6, 6.07) is 3.82. The molecule has 0 amide bonds. The van der Waals surface area contributed by atoms with Gasteiger partial charge >= 0.3 is 0 Å². The predicted molar refractivity (Wildman–Crippen MR) is 71.3 cm³/mol. The first-order valence-electron chi connectivity index (χ1n) is 5.33. The minimum Gasteiger partial charge on any atom is -0.296 e. The molecule has 3 nitrogen and oxygen atoms in total. The average Bonchev–Trinajstić information content (AvgIpc) is 2.67. The van der Waals surface area contributed by atoms with Gasteiger partial charge in [0.1, 0.15) is 5.15 Å². The zero-order valence-corrected chi connectivity index (χ0v) is 11.4. The third-order valence-corrected chi connectivity index (χ3v) is 3.39. The van der Waals surface area contributed by atoms with Crippen molar-refractivity contribution in [3.05, 3.63) is 45.1 Å². The van der Waals surface area contributed by atoms with Crippen molar-refractivity contribution in [3.8, 4) is 0 Å². The Morgan fingerprint density at radius 3 is 2.76 bits per heavy atom. The number of hydrogen-bond donors (Lipinski definition) is 0. The highest BCUT2D eigenvalue weighted by molar-refractivity contribution is 7.09. The van der Waals surface area contributed by atoms with E-state index in [2.05, 4.69) is 27.3 Å². The van der Waals surface area contributed by atoms with Gasteiger partial charge in [-0.1, -0.05) is 17.7 Å². The van der Waals surface area contributed by atoms with Crippen LogP contribution >= 0.6 is 22.9 Å². The number of thiazole rings is 1. The van der Waals surface area contributed by atoms with Crippen molar-refractivity contribution >= 4 is 22.9 Å². The Morgan fingerprint density at radius 2 is 2.18 bits per heavy atom. The summed E-state index contributed by atoms with van der Waals surface area (Å²) in [7, 11) is 2.07. The molecule has 5 heteroatoms. The van der Waals surface area contributed by atoms with Crippen molar-refractivity contribution in [3.63, 3.8) is 0 Å². The van der Waals surface area contributed by atoms with E-state index in [1.807, 2.05) is 25.3 Å². The van der Waals surface area contributed by atoms with Gasteiger partial charge in [0.05, 0.1) is 10.7 Å². The quantitative estimate of drug-likeness (QED) is 0.797. The summed E-state index contributed by atoms with van der Waals surface area (Å²) in [6.45, 7) is 3.73. The number of hydrogen-bond acceptors (Lipinski definition) is 4. The fourth-order valence-corrected chi connectivity index (χ4v) is 2.34. The first kappa shape index (κ1) is 12.5. The maximum absolute atomic E-state index is 5.75. The van der Waals surface area contributed by atoms with Crippen LogP contribution in [-0.4, -0.2) is 21.9 Å². The minimum absolute atomic E-state index is 0.534. The number of pyridine rings is 1. The van der Waals surface area contributed by atoms with Crippen LogP contribution in [0.1, 0.15) is 16.3 Å². The van der Waals surface area contributed by atoms with Gasteiger partial charge in [0, 0.05) is 24.7 Å². The topological polar surface area (TPSA) is 29.0 Å². The molecule has 2 aromatic rings. The van der Waals surface area contributed by atoms with Gasteiger partial charge in [-0.05, 0) is 25.6 Å². The standard InChI is InChI=1S/C12H14ClN3S/c1-9-15-11(8-17-9)7-16(2)6-10-3-4-12(13)14-5-10/h3-5,8H,6-7H2,1-2H3. The van der Waals surface area contributed by atoms with Crippen molar-refractivity contribution in [2.45, 2.75) is 20.0 Å². The largest absolute Gasteiger partial charge is 0.296 e. The molecule has 0 saturated carbocycles. The summed E-state index contributed by atoms with van der Waals surface area (Å²) >= 11 is 7.43. The Kier molecular flexibility index (Phi) is 4.10. The molecule has 0 aliphatic rings. The van der Waals surface area contributed by atoms with E-state index in [1.54, 1.807) is 11.3 Å². The smallest absolute Gasteiger partial charge is 0.129 e. The Labute approximate surface area is 110 Å². The molecular weight excluding hydrogens is 254 g/mol. The zero-order valence-electron chi connectivity index (χ0n) is 9.85. The SMILES string of the molecule is Cc1nc(CN(C)Cc2ccc(Cl)nc2)cs1. The van der Waals surface area contributed by atoms with Crippen molar-refractivity contribution in [1.82, 2.24) is 14.9 Å². The first-order chi connectivity index (χ1) is 8.13. The van der Waals surface area contributed by atoms with E-state index in [1.165, 1.54) is 0 Å². The normalized spacial score (nSPS) is 11.1. The van der Waals surface area contributed by atoms with Crippen LogP contribution in [0, 0.1) is 6.92 Å². The second-order valence-electron chi connectivity index (χ2n) is 4.02. The van der Waals surface area contributed by atoms with E-state index < -0.39 is 0 Å². The van der Waals surface area contributed by atoms with Crippen LogP contribution in [0.2, 0.25) is 5.15 Å². The van der Waals surface area contributed by atoms with Crippen molar-refractivity contribution in [2.75, 3.05) is 7.05 Å². The summed E-state index contributed by atoms with van der Waals surface area (Å²) in [5.41, 5.74) is 2.28. The number of halogens is 1. The zero-order chi connectivity index (χ0) is 12.3. The Balaban J connectivity index is 1.93. The monoisotopic (exact) mass is 267 g/mol. The highest BCUT2D eigenvalue weighted by Gasteiger charge is 2.04. The van der Waals surface area contributed by atoms with E-state index in [0.29, 0.717) is 5.15 Å². The molecule has 2 aromatic heterocycles. The van der Waals surface area contributed by atoms with Gasteiger partial charge in [-0.25, -0.2) is 9.97 Å². The molecule has 0 fully saturated rings. The molecular formula is C12H14ClN3S. The number of aromatic nitrogens is 2. The van der Waals surface area contributed by atoms with Gasteiger partial charge in [-0.3, -0.25) is 4.90 Å². The molecule has 0 unspecified atom stereocenters. The number of nitrogens with zero attached hydrogens (tertiary/aromatic N) is 3. The summed E-state index contributed by atoms with van der Waals surface area (Å²) in [4.78, 5) is 10.7. The highest BCUT2D eigenvalue weighted by atomic mass is 35.5. The molecule has 0 bridgehead atoms. The van der Waals surface area contributed by atoms with Gasteiger partial charge < -0.3 is 0 Å². The molecule has 0 aromatic carbocycles. The van der Waals surface area contributed by atoms with Gasteiger partial charge in [-0.15, -0.1) is 11.3 Å². The van der Waals surface area contributed by atoms with Gasteiger partial charge in [-0.2, -0.15) is 0 Å². The van der Waals surface area contributed by atoms with E-state index in [9.17, 15) is 0 Å². The average molecular weight is 268 g/mol. The van der Waals surface area contributed by atoms with Crippen molar-refractivity contribution in [1.29, 1.82) is 0 Å². The summed E-state index contributed by atoms with van der Waals surface area (Å²) in [6.07, 6.45) is 1.81. The number of aryl methyl sites for hydroxylation is 1. The third-order valence-electron chi connectivity index (χ3n) is 2.34. The van der Waals surface area contributed by atoms with Crippen LogP contribution in [0.25, 0.3) is 0 Å². The van der Waals surface area contributed by atoms with E-state index in [0.717, 1.165) is 29.4 Å². The van der Waals surface area contributed by atoms with Crippen molar-refractivity contribution < 1.29 is 0 Å². The molecule has 0 saturated heterocycles. The van der Waals surface area contributed by atoms with E-state index in [4.69, 9.17) is 11.6 Å². The lowest BCUT2D eigenvalue weighted by atomic mass is 10.2. The van der Waals surface area contributed by atoms with Crippen molar-refractivity contribution in [2.24, 2.45) is 0 Å². The number of rotatable bonds is 4. The lowest BCUT2D eigenvalue weighted by molar-refractivity contribution is 0.315. The fraction of sp³-hybridized carbons (Fsp3) is 0.333. The Morgan fingerprint density at radius 1 is 1.35 bits per heavy atom. The first-order valence-corrected chi connectivity index (χ1v) is 6.59. The Hall–Kier alpha value is -0.970. The molecule has 0 spiro atoms.